The van der Waals surface area contributed by atoms with Gasteiger partial charge in [-0.25, -0.2) is 0 Å². The molecule has 2 rings (SSSR count). The normalized spacial score (nSPS) is 14.5. The number of nitrogens with zero attached hydrogens (tertiary/aromatic N) is 1. The van der Waals surface area contributed by atoms with E-state index in [1.165, 1.54) is 0 Å². The maximum absolute atomic E-state index is 11.8. The highest BCUT2D eigenvalue weighted by molar-refractivity contribution is 9.10. The number of amides is 1. The number of hydrogen-bond acceptors (Lipinski definition) is 2. The number of carbonyl (C=O) groups excluding carboxylic acids is 1. The summed E-state index contributed by atoms with van der Waals surface area (Å²) in [5.74, 6) is 0.111. The molecule has 1 amide bonds. The molecule has 5 heteroatoms. The second kappa shape index (κ2) is 5.27. The first kappa shape index (κ1) is 12.7. The summed E-state index contributed by atoms with van der Waals surface area (Å²) in [5, 5.41) is 3.73. The van der Waals surface area contributed by atoms with Crippen LogP contribution in [-0.4, -0.2) is 30.4 Å². The summed E-state index contributed by atoms with van der Waals surface area (Å²) < 4.78 is 0.795. The fourth-order valence-corrected chi connectivity index (χ4v) is 2.18. The summed E-state index contributed by atoms with van der Waals surface area (Å²) in [5.41, 5.74) is 0.843. The van der Waals surface area contributed by atoms with Gasteiger partial charge in [0, 0.05) is 13.1 Å². The average Bonchev–Trinajstić information content (AvgIpc) is 3.13. The van der Waals surface area contributed by atoms with E-state index < -0.39 is 0 Å². The van der Waals surface area contributed by atoms with E-state index in [4.69, 9.17) is 11.6 Å². The molecule has 0 unspecified atom stereocenters. The highest BCUT2D eigenvalue weighted by Crippen LogP contribution is 2.30. The fourth-order valence-electron chi connectivity index (χ4n) is 1.60. The molecule has 1 saturated carbocycles. The number of carbonyl (C=O) groups is 1. The van der Waals surface area contributed by atoms with Crippen LogP contribution >= 0.6 is 27.5 Å². The Hall–Kier alpha value is -0.740. The molecule has 1 fully saturated rings. The van der Waals surface area contributed by atoms with E-state index >= 15 is 0 Å². The first-order valence-corrected chi connectivity index (χ1v) is 6.70. The largest absolute Gasteiger partial charge is 0.375 e. The number of hydrogen-bond donors (Lipinski definition) is 1. The Bertz CT molecular complexity index is 435. The lowest BCUT2D eigenvalue weighted by Gasteiger charge is -2.17. The summed E-state index contributed by atoms with van der Waals surface area (Å²) in [6.07, 6.45) is 2.26. The summed E-state index contributed by atoms with van der Waals surface area (Å²) >= 11 is 9.36. The minimum absolute atomic E-state index is 0.111. The highest BCUT2D eigenvalue weighted by atomic mass is 79.9. The molecule has 92 valence electrons. The van der Waals surface area contributed by atoms with E-state index in [0.717, 1.165) is 23.0 Å². The molecule has 0 aliphatic heterocycles. The molecule has 1 aromatic carbocycles. The van der Waals surface area contributed by atoms with Crippen molar-refractivity contribution >= 4 is 39.1 Å². The standard InChI is InChI=1S/C12H14BrClN2O/c1-16(8-5-6-8)11(17)7-15-10-4-2-3-9(14)12(10)13/h2-4,8,15H,5-7H2,1H3. The lowest BCUT2D eigenvalue weighted by Crippen LogP contribution is -2.33. The van der Waals surface area contributed by atoms with Gasteiger partial charge in [-0.05, 0) is 40.9 Å². The van der Waals surface area contributed by atoms with E-state index in [-0.39, 0.29) is 5.91 Å². The molecule has 1 aliphatic carbocycles. The Balaban J connectivity index is 1.93. The van der Waals surface area contributed by atoms with Crippen LogP contribution in [0.15, 0.2) is 22.7 Å². The van der Waals surface area contributed by atoms with Crippen LogP contribution in [0.5, 0.6) is 0 Å². The molecule has 0 atom stereocenters. The Morgan fingerprint density at radius 2 is 2.29 bits per heavy atom. The van der Waals surface area contributed by atoms with Crippen LogP contribution in [0.2, 0.25) is 5.02 Å². The first-order chi connectivity index (χ1) is 8.09. The van der Waals surface area contributed by atoms with Gasteiger partial charge in [0.15, 0.2) is 0 Å². The van der Waals surface area contributed by atoms with Crippen LogP contribution in [0.25, 0.3) is 0 Å². The number of likely N-dealkylation sites (N-methyl/N-ethyl adjacent to an activating group) is 1. The van der Waals surface area contributed by atoms with Gasteiger partial charge in [-0.2, -0.15) is 0 Å². The number of benzene rings is 1. The smallest absolute Gasteiger partial charge is 0.241 e. The topological polar surface area (TPSA) is 32.3 Å². The fraction of sp³-hybridized carbons (Fsp3) is 0.417. The Morgan fingerprint density at radius 3 is 2.94 bits per heavy atom. The van der Waals surface area contributed by atoms with Crippen molar-refractivity contribution < 1.29 is 4.79 Å². The molecule has 0 saturated heterocycles. The van der Waals surface area contributed by atoms with E-state index in [1.54, 1.807) is 6.07 Å². The SMILES string of the molecule is CN(C(=O)CNc1cccc(Cl)c1Br)C1CC1. The number of anilines is 1. The summed E-state index contributed by atoms with van der Waals surface area (Å²) in [7, 11) is 1.86. The third-order valence-electron chi connectivity index (χ3n) is 2.87. The van der Waals surface area contributed by atoms with Crippen molar-refractivity contribution in [3.63, 3.8) is 0 Å². The number of halogens is 2. The second-order valence-electron chi connectivity index (χ2n) is 4.19. The van der Waals surface area contributed by atoms with E-state index in [2.05, 4.69) is 21.2 Å². The molecule has 1 aromatic rings. The third-order valence-corrected chi connectivity index (χ3v) is 4.27. The molecule has 1 N–H and O–H groups in total. The van der Waals surface area contributed by atoms with E-state index in [1.807, 2.05) is 24.1 Å². The predicted molar refractivity (Wildman–Crippen MR) is 73.4 cm³/mol. The van der Waals surface area contributed by atoms with Gasteiger partial charge in [-0.15, -0.1) is 0 Å². The van der Waals surface area contributed by atoms with Crippen molar-refractivity contribution in [3.8, 4) is 0 Å². The number of nitrogens with one attached hydrogen (secondary N) is 1. The zero-order chi connectivity index (χ0) is 12.4. The van der Waals surface area contributed by atoms with Crippen molar-refractivity contribution in [3.05, 3.63) is 27.7 Å². The second-order valence-corrected chi connectivity index (χ2v) is 5.39. The van der Waals surface area contributed by atoms with Crippen molar-refractivity contribution in [2.45, 2.75) is 18.9 Å². The molecule has 17 heavy (non-hydrogen) atoms. The summed E-state index contributed by atoms with van der Waals surface area (Å²) in [6.45, 7) is 0.298. The lowest BCUT2D eigenvalue weighted by atomic mass is 10.3. The summed E-state index contributed by atoms with van der Waals surface area (Å²) in [6, 6.07) is 5.99. The van der Waals surface area contributed by atoms with Crippen molar-refractivity contribution in [2.24, 2.45) is 0 Å². The monoisotopic (exact) mass is 316 g/mol. The van der Waals surface area contributed by atoms with Gasteiger partial charge in [0.1, 0.15) is 0 Å². The quantitative estimate of drug-likeness (QED) is 0.925. The van der Waals surface area contributed by atoms with Gasteiger partial charge in [-0.3, -0.25) is 4.79 Å². The molecule has 0 aromatic heterocycles. The van der Waals surface area contributed by atoms with Gasteiger partial charge in [0.25, 0.3) is 0 Å². The van der Waals surface area contributed by atoms with Crippen molar-refractivity contribution in [2.75, 3.05) is 18.9 Å². The van der Waals surface area contributed by atoms with Crippen molar-refractivity contribution in [1.29, 1.82) is 0 Å². The van der Waals surface area contributed by atoms with Crippen molar-refractivity contribution in [1.82, 2.24) is 4.90 Å². The molecule has 0 spiro atoms. The van der Waals surface area contributed by atoms with Gasteiger partial charge in [0.2, 0.25) is 5.91 Å². The third kappa shape index (κ3) is 3.13. The zero-order valence-corrected chi connectivity index (χ0v) is 11.9. The van der Waals surface area contributed by atoms with Crippen LogP contribution in [-0.2, 0) is 4.79 Å². The molecule has 1 aliphatic rings. The van der Waals surface area contributed by atoms with Crippen LogP contribution < -0.4 is 5.32 Å². The van der Waals surface area contributed by atoms with Gasteiger partial charge in [-0.1, -0.05) is 17.7 Å². The summed E-state index contributed by atoms with van der Waals surface area (Å²) in [4.78, 5) is 13.6. The Labute approximate surface area is 114 Å². The van der Waals surface area contributed by atoms with Gasteiger partial charge < -0.3 is 10.2 Å². The maximum Gasteiger partial charge on any atom is 0.241 e. The zero-order valence-electron chi connectivity index (χ0n) is 9.54. The lowest BCUT2D eigenvalue weighted by molar-refractivity contribution is -0.128. The molecule has 0 radical (unpaired) electrons. The molecule has 0 heterocycles. The highest BCUT2D eigenvalue weighted by Gasteiger charge is 2.29. The van der Waals surface area contributed by atoms with E-state index in [0.29, 0.717) is 17.6 Å². The minimum atomic E-state index is 0.111. The van der Waals surface area contributed by atoms with Crippen LogP contribution in [0, 0.1) is 0 Å². The van der Waals surface area contributed by atoms with Crippen LogP contribution in [0.3, 0.4) is 0 Å². The van der Waals surface area contributed by atoms with Gasteiger partial charge in [0.05, 0.1) is 21.7 Å². The maximum atomic E-state index is 11.8. The van der Waals surface area contributed by atoms with E-state index in [9.17, 15) is 4.79 Å². The van der Waals surface area contributed by atoms with Crippen LogP contribution in [0.1, 0.15) is 12.8 Å². The molecular formula is C12H14BrClN2O. The average molecular weight is 318 g/mol. The first-order valence-electron chi connectivity index (χ1n) is 5.53. The van der Waals surface area contributed by atoms with Gasteiger partial charge >= 0.3 is 0 Å². The molecular weight excluding hydrogens is 304 g/mol. The Morgan fingerprint density at radius 1 is 1.59 bits per heavy atom. The molecule has 3 nitrogen and oxygen atoms in total. The van der Waals surface area contributed by atoms with Crippen LogP contribution in [0.4, 0.5) is 5.69 Å². The molecule has 0 bridgehead atoms. The number of rotatable bonds is 4. The predicted octanol–water partition coefficient (Wildman–Crippen LogP) is 3.14. The Kier molecular flexibility index (Phi) is 3.94. The minimum Gasteiger partial charge on any atom is -0.375 e.